The normalized spacial score (nSPS) is 23.5. The topological polar surface area (TPSA) is 129 Å². The number of hydrogen-bond acceptors (Lipinski definition) is 5. The summed E-state index contributed by atoms with van der Waals surface area (Å²) in [6.45, 7) is 4.18. The highest BCUT2D eigenvalue weighted by Gasteiger charge is 2.41. The highest BCUT2D eigenvalue weighted by molar-refractivity contribution is 5.78. The zero-order chi connectivity index (χ0) is 17.3. The predicted molar refractivity (Wildman–Crippen MR) is 84.9 cm³/mol. The minimum atomic E-state index is -0.607. The first-order valence-electron chi connectivity index (χ1n) is 8.08. The summed E-state index contributed by atoms with van der Waals surface area (Å²) in [5, 5.41) is 6.59. The van der Waals surface area contributed by atoms with Gasteiger partial charge in [-0.15, -0.1) is 0 Å². The first kappa shape index (κ1) is 16.5. The molecule has 3 rings (SSSR count). The van der Waals surface area contributed by atoms with Gasteiger partial charge in [0.1, 0.15) is 5.82 Å². The SMILES string of the molecule is Cn1nc(CN2C[C@@H]3CN(C(=O)CCNC(N)=O)C[C@@H]3C2)[nH]c1=O. The molecule has 24 heavy (non-hydrogen) atoms. The van der Waals surface area contributed by atoms with Crippen LogP contribution in [0.5, 0.6) is 0 Å². The molecule has 10 heteroatoms. The fourth-order valence-corrected chi connectivity index (χ4v) is 3.61. The van der Waals surface area contributed by atoms with E-state index in [0.717, 1.165) is 26.2 Å². The number of rotatable bonds is 5. The summed E-state index contributed by atoms with van der Waals surface area (Å²) >= 11 is 0. The van der Waals surface area contributed by atoms with E-state index in [9.17, 15) is 14.4 Å². The second kappa shape index (κ2) is 6.63. The van der Waals surface area contributed by atoms with Crippen molar-refractivity contribution in [1.29, 1.82) is 0 Å². The van der Waals surface area contributed by atoms with Crippen molar-refractivity contribution >= 4 is 11.9 Å². The van der Waals surface area contributed by atoms with Crippen LogP contribution < -0.4 is 16.7 Å². The second-order valence-corrected chi connectivity index (χ2v) is 6.55. The Hall–Kier alpha value is -2.36. The van der Waals surface area contributed by atoms with Crippen molar-refractivity contribution in [3.05, 3.63) is 16.3 Å². The summed E-state index contributed by atoms with van der Waals surface area (Å²) in [6, 6.07) is -0.607. The molecule has 1 aromatic rings. The van der Waals surface area contributed by atoms with Crippen molar-refractivity contribution in [2.24, 2.45) is 24.6 Å². The number of aryl methyl sites for hydroxylation is 1. The number of likely N-dealkylation sites (tertiary alicyclic amines) is 2. The van der Waals surface area contributed by atoms with Crippen molar-refractivity contribution in [2.75, 3.05) is 32.7 Å². The average Bonchev–Trinajstić information content (AvgIpc) is 3.12. The Kier molecular flexibility index (Phi) is 4.56. The van der Waals surface area contributed by atoms with Gasteiger partial charge in [0.15, 0.2) is 0 Å². The maximum absolute atomic E-state index is 12.1. The van der Waals surface area contributed by atoms with E-state index in [-0.39, 0.29) is 24.6 Å². The molecule has 0 unspecified atom stereocenters. The standard InChI is InChI=1S/C14H23N7O3/c1-19-14(24)17-11(18-19)8-20-4-9-6-21(7-10(9)5-20)12(22)2-3-16-13(15)23/h9-10H,2-8H2,1H3,(H3,15,16,23)(H,17,18,24)/t9-,10+. The maximum atomic E-state index is 12.1. The van der Waals surface area contributed by atoms with E-state index in [0.29, 0.717) is 24.2 Å². The van der Waals surface area contributed by atoms with Crippen LogP contribution in [0.4, 0.5) is 4.79 Å². The molecule has 0 spiro atoms. The van der Waals surface area contributed by atoms with Crippen LogP contribution in [0.25, 0.3) is 0 Å². The van der Waals surface area contributed by atoms with Crippen LogP contribution in [0.15, 0.2) is 4.79 Å². The van der Waals surface area contributed by atoms with E-state index in [4.69, 9.17) is 5.73 Å². The molecule has 10 nitrogen and oxygen atoms in total. The molecule has 2 saturated heterocycles. The van der Waals surface area contributed by atoms with Gasteiger partial charge in [0, 0.05) is 46.2 Å². The second-order valence-electron chi connectivity index (χ2n) is 6.55. The van der Waals surface area contributed by atoms with Crippen molar-refractivity contribution in [3.8, 4) is 0 Å². The molecule has 3 heterocycles. The molecule has 0 bridgehead atoms. The number of carbonyl (C=O) groups is 2. The Balaban J connectivity index is 1.46. The number of hydrogen-bond donors (Lipinski definition) is 3. The van der Waals surface area contributed by atoms with Gasteiger partial charge in [-0.25, -0.2) is 14.3 Å². The minimum absolute atomic E-state index is 0.0544. The number of carbonyl (C=O) groups excluding carboxylic acids is 2. The lowest BCUT2D eigenvalue weighted by molar-refractivity contribution is -0.130. The molecule has 0 aliphatic carbocycles. The van der Waals surface area contributed by atoms with Crippen LogP contribution >= 0.6 is 0 Å². The van der Waals surface area contributed by atoms with Gasteiger partial charge in [-0.05, 0) is 11.8 Å². The fourth-order valence-electron chi connectivity index (χ4n) is 3.61. The molecule has 1 aromatic heterocycles. The summed E-state index contributed by atoms with van der Waals surface area (Å²) in [4.78, 5) is 41.0. The van der Waals surface area contributed by atoms with Gasteiger partial charge in [0.25, 0.3) is 0 Å². The van der Waals surface area contributed by atoms with Crippen molar-refractivity contribution in [3.63, 3.8) is 0 Å². The third-order valence-corrected chi connectivity index (χ3v) is 4.74. The molecule has 132 valence electrons. The first-order valence-corrected chi connectivity index (χ1v) is 8.08. The number of aromatic amines is 1. The van der Waals surface area contributed by atoms with E-state index in [1.165, 1.54) is 4.68 Å². The third kappa shape index (κ3) is 3.58. The predicted octanol–water partition coefficient (Wildman–Crippen LogP) is -1.94. The van der Waals surface area contributed by atoms with Crippen LogP contribution in [0.1, 0.15) is 12.2 Å². The van der Waals surface area contributed by atoms with Gasteiger partial charge in [-0.2, -0.15) is 5.10 Å². The molecule has 2 fully saturated rings. The molecule has 3 amide bonds. The third-order valence-electron chi connectivity index (χ3n) is 4.74. The fraction of sp³-hybridized carbons (Fsp3) is 0.714. The van der Waals surface area contributed by atoms with Gasteiger partial charge in [0.2, 0.25) is 5.91 Å². The zero-order valence-electron chi connectivity index (χ0n) is 13.7. The summed E-state index contributed by atoms with van der Waals surface area (Å²) in [6.07, 6.45) is 0.279. The smallest absolute Gasteiger partial charge is 0.343 e. The Morgan fingerprint density at radius 1 is 1.29 bits per heavy atom. The molecule has 0 saturated carbocycles. The molecule has 0 aromatic carbocycles. The number of urea groups is 1. The number of aromatic nitrogens is 3. The lowest BCUT2D eigenvalue weighted by Gasteiger charge is -2.21. The Morgan fingerprint density at radius 2 is 1.96 bits per heavy atom. The largest absolute Gasteiger partial charge is 0.352 e. The molecular formula is C14H23N7O3. The van der Waals surface area contributed by atoms with Crippen LogP contribution in [0, 0.1) is 11.8 Å². The van der Waals surface area contributed by atoms with E-state index in [2.05, 4.69) is 20.3 Å². The lowest BCUT2D eigenvalue weighted by atomic mass is 10.0. The number of H-pyrrole nitrogens is 1. The maximum Gasteiger partial charge on any atom is 0.343 e. The number of nitrogens with one attached hydrogen (secondary N) is 2. The summed E-state index contributed by atoms with van der Waals surface area (Å²) < 4.78 is 1.30. The number of fused-ring (bicyclic) bond motifs is 1. The van der Waals surface area contributed by atoms with Gasteiger partial charge < -0.3 is 16.0 Å². The average molecular weight is 337 g/mol. The number of amides is 3. The van der Waals surface area contributed by atoms with Crippen molar-refractivity contribution < 1.29 is 9.59 Å². The molecule has 2 atom stereocenters. The summed E-state index contributed by atoms with van der Waals surface area (Å²) in [7, 11) is 1.62. The van der Waals surface area contributed by atoms with Gasteiger partial charge in [0.05, 0.1) is 6.54 Å². The lowest BCUT2D eigenvalue weighted by Crippen LogP contribution is -2.36. The zero-order valence-corrected chi connectivity index (χ0v) is 13.7. The molecule has 4 N–H and O–H groups in total. The van der Waals surface area contributed by atoms with Crippen LogP contribution in [0.2, 0.25) is 0 Å². The highest BCUT2D eigenvalue weighted by atomic mass is 16.2. The van der Waals surface area contributed by atoms with Gasteiger partial charge in [-0.3, -0.25) is 14.7 Å². The Labute approximate surface area is 139 Å². The summed E-state index contributed by atoms with van der Waals surface area (Å²) in [5.41, 5.74) is 4.78. The van der Waals surface area contributed by atoms with Crippen LogP contribution in [0.3, 0.4) is 0 Å². The Morgan fingerprint density at radius 3 is 2.50 bits per heavy atom. The molecular weight excluding hydrogens is 314 g/mol. The van der Waals surface area contributed by atoms with Gasteiger partial charge in [-0.1, -0.05) is 0 Å². The van der Waals surface area contributed by atoms with Gasteiger partial charge >= 0.3 is 11.7 Å². The first-order chi connectivity index (χ1) is 11.4. The number of primary amides is 1. The summed E-state index contributed by atoms with van der Waals surface area (Å²) in [5.74, 6) is 1.63. The molecule has 2 aliphatic rings. The van der Waals surface area contributed by atoms with Crippen molar-refractivity contribution in [1.82, 2.24) is 29.9 Å². The van der Waals surface area contributed by atoms with Crippen molar-refractivity contribution in [2.45, 2.75) is 13.0 Å². The minimum Gasteiger partial charge on any atom is -0.352 e. The quantitative estimate of drug-likeness (QED) is 0.575. The highest BCUT2D eigenvalue weighted by Crippen LogP contribution is 2.31. The Bertz CT molecular complexity index is 668. The number of nitrogens with zero attached hydrogens (tertiary/aromatic N) is 4. The monoisotopic (exact) mass is 337 g/mol. The van der Waals surface area contributed by atoms with Crippen LogP contribution in [-0.2, 0) is 18.4 Å². The van der Waals surface area contributed by atoms with Crippen LogP contribution in [-0.4, -0.2) is 69.2 Å². The van der Waals surface area contributed by atoms with E-state index >= 15 is 0 Å². The molecule has 2 aliphatic heterocycles. The van der Waals surface area contributed by atoms with E-state index in [1.807, 2.05) is 4.90 Å². The van der Waals surface area contributed by atoms with E-state index < -0.39 is 6.03 Å². The van der Waals surface area contributed by atoms with E-state index in [1.54, 1.807) is 7.05 Å². The molecule has 0 radical (unpaired) electrons. The number of nitrogens with two attached hydrogens (primary N) is 1.